The zero-order valence-electron chi connectivity index (χ0n) is 11.4. The third-order valence-electron chi connectivity index (χ3n) is 2.87. The van der Waals surface area contributed by atoms with Gasteiger partial charge in [-0.25, -0.2) is 4.79 Å². The highest BCUT2D eigenvalue weighted by molar-refractivity contribution is 7.84. The van der Waals surface area contributed by atoms with Gasteiger partial charge in [-0.15, -0.1) is 0 Å². The van der Waals surface area contributed by atoms with Crippen molar-refractivity contribution >= 4 is 16.8 Å². The largest absolute Gasteiger partial charge is 0.457 e. The molecule has 0 heterocycles. The van der Waals surface area contributed by atoms with Crippen molar-refractivity contribution in [1.29, 1.82) is 5.26 Å². The molecule has 0 spiro atoms. The number of carbonyl (C=O) groups is 1. The Labute approximate surface area is 125 Å². The molecule has 0 fully saturated rings. The molecule has 0 aliphatic carbocycles. The summed E-state index contributed by atoms with van der Waals surface area (Å²) in [5.74, 6) is -0.509. The summed E-state index contributed by atoms with van der Waals surface area (Å²) in [7, 11) is -1.25. The van der Waals surface area contributed by atoms with E-state index in [0.717, 1.165) is 5.56 Å². The van der Waals surface area contributed by atoms with E-state index < -0.39 is 16.8 Å². The fourth-order valence-corrected chi connectivity index (χ4v) is 2.52. The van der Waals surface area contributed by atoms with Crippen molar-refractivity contribution in [3.8, 4) is 6.07 Å². The highest BCUT2D eigenvalue weighted by Crippen LogP contribution is 2.15. The lowest BCUT2D eigenvalue weighted by Crippen LogP contribution is -2.09. The first-order valence-electron chi connectivity index (χ1n) is 6.20. The number of hydrogen-bond acceptors (Lipinski definition) is 4. The Morgan fingerprint density at radius 2 is 1.86 bits per heavy atom. The van der Waals surface area contributed by atoms with Crippen LogP contribution in [0.3, 0.4) is 0 Å². The van der Waals surface area contributed by atoms with E-state index in [2.05, 4.69) is 0 Å². The Hall–Kier alpha value is -2.45. The zero-order chi connectivity index (χ0) is 15.2. The molecule has 5 heteroatoms. The standard InChI is InChI=1S/C16H13NO3S/c1-21(19)15-5-3-2-4-14(15)16(18)20-11-13-8-6-12(10-17)7-9-13/h2-9H,11H2,1H3/t21-/m0/s1. The van der Waals surface area contributed by atoms with Crippen LogP contribution in [0.5, 0.6) is 0 Å². The van der Waals surface area contributed by atoms with E-state index in [1.54, 1.807) is 48.5 Å². The number of ether oxygens (including phenoxy) is 1. The zero-order valence-corrected chi connectivity index (χ0v) is 12.2. The maximum absolute atomic E-state index is 12.1. The smallest absolute Gasteiger partial charge is 0.339 e. The molecule has 2 rings (SSSR count). The predicted octanol–water partition coefficient (Wildman–Crippen LogP) is 2.65. The molecule has 2 aromatic rings. The van der Waals surface area contributed by atoms with E-state index in [9.17, 15) is 9.00 Å². The lowest BCUT2D eigenvalue weighted by atomic mass is 10.1. The first kappa shape index (κ1) is 14.9. The average molecular weight is 299 g/mol. The van der Waals surface area contributed by atoms with E-state index in [1.807, 2.05) is 6.07 Å². The van der Waals surface area contributed by atoms with Gasteiger partial charge in [0, 0.05) is 6.26 Å². The molecule has 0 N–H and O–H groups in total. The molecule has 0 aromatic heterocycles. The Balaban J connectivity index is 2.08. The monoisotopic (exact) mass is 299 g/mol. The predicted molar refractivity (Wildman–Crippen MR) is 79.1 cm³/mol. The summed E-state index contributed by atoms with van der Waals surface area (Å²) in [6, 6.07) is 15.5. The maximum Gasteiger partial charge on any atom is 0.339 e. The fourth-order valence-electron chi connectivity index (χ4n) is 1.79. The lowest BCUT2D eigenvalue weighted by molar-refractivity contribution is 0.0468. The van der Waals surface area contributed by atoms with Gasteiger partial charge in [0.25, 0.3) is 0 Å². The molecule has 0 aliphatic heterocycles. The first-order chi connectivity index (χ1) is 10.1. The maximum atomic E-state index is 12.1. The summed E-state index contributed by atoms with van der Waals surface area (Å²) in [5, 5.41) is 8.71. The molecule has 2 aromatic carbocycles. The normalized spacial score (nSPS) is 11.4. The van der Waals surface area contributed by atoms with Crippen molar-refractivity contribution in [3.05, 3.63) is 65.2 Å². The van der Waals surface area contributed by atoms with Crippen LogP contribution in [-0.2, 0) is 22.1 Å². The minimum absolute atomic E-state index is 0.106. The summed E-state index contributed by atoms with van der Waals surface area (Å²) in [4.78, 5) is 12.5. The number of esters is 1. The second-order valence-corrected chi connectivity index (χ2v) is 5.68. The van der Waals surface area contributed by atoms with Crippen molar-refractivity contribution in [1.82, 2.24) is 0 Å². The van der Waals surface area contributed by atoms with Crippen LogP contribution in [-0.4, -0.2) is 16.4 Å². The van der Waals surface area contributed by atoms with E-state index in [1.165, 1.54) is 6.26 Å². The Morgan fingerprint density at radius 3 is 2.48 bits per heavy atom. The van der Waals surface area contributed by atoms with E-state index in [0.29, 0.717) is 16.0 Å². The van der Waals surface area contributed by atoms with Gasteiger partial charge in [0.1, 0.15) is 6.61 Å². The van der Waals surface area contributed by atoms with Gasteiger partial charge >= 0.3 is 5.97 Å². The van der Waals surface area contributed by atoms with Gasteiger partial charge in [0.05, 0.1) is 32.9 Å². The fraction of sp³-hybridized carbons (Fsp3) is 0.125. The van der Waals surface area contributed by atoms with Crippen LogP contribution in [0.1, 0.15) is 21.5 Å². The van der Waals surface area contributed by atoms with Crippen molar-refractivity contribution in [3.63, 3.8) is 0 Å². The molecule has 0 saturated heterocycles. The molecule has 0 unspecified atom stereocenters. The molecule has 0 aliphatic rings. The number of nitrogens with zero attached hydrogens (tertiary/aromatic N) is 1. The molecule has 106 valence electrons. The summed E-state index contributed by atoms with van der Waals surface area (Å²) in [5.41, 5.74) is 1.65. The number of carbonyl (C=O) groups excluding carboxylic acids is 1. The Kier molecular flexibility index (Phi) is 4.85. The van der Waals surface area contributed by atoms with Crippen LogP contribution >= 0.6 is 0 Å². The lowest BCUT2D eigenvalue weighted by Gasteiger charge is -2.08. The van der Waals surface area contributed by atoms with Crippen molar-refractivity contribution in [2.75, 3.05) is 6.26 Å². The Bertz CT molecular complexity index is 717. The van der Waals surface area contributed by atoms with E-state index >= 15 is 0 Å². The van der Waals surface area contributed by atoms with Crippen molar-refractivity contribution in [2.45, 2.75) is 11.5 Å². The summed E-state index contributed by atoms with van der Waals surface area (Å²) < 4.78 is 16.8. The van der Waals surface area contributed by atoms with Crippen LogP contribution < -0.4 is 0 Å². The minimum Gasteiger partial charge on any atom is -0.457 e. The van der Waals surface area contributed by atoms with Crippen molar-refractivity contribution in [2.24, 2.45) is 0 Å². The van der Waals surface area contributed by atoms with Crippen LogP contribution in [0.4, 0.5) is 0 Å². The van der Waals surface area contributed by atoms with Gasteiger partial charge < -0.3 is 4.74 Å². The number of rotatable bonds is 4. The molecule has 4 nitrogen and oxygen atoms in total. The Morgan fingerprint density at radius 1 is 1.19 bits per heavy atom. The first-order valence-corrected chi connectivity index (χ1v) is 7.76. The summed E-state index contributed by atoms with van der Waals surface area (Å²) >= 11 is 0. The van der Waals surface area contributed by atoms with Gasteiger partial charge in [0.15, 0.2) is 0 Å². The van der Waals surface area contributed by atoms with Gasteiger partial charge in [-0.3, -0.25) is 4.21 Å². The highest BCUT2D eigenvalue weighted by Gasteiger charge is 2.14. The van der Waals surface area contributed by atoms with E-state index in [4.69, 9.17) is 10.00 Å². The highest BCUT2D eigenvalue weighted by atomic mass is 32.2. The number of benzene rings is 2. The third kappa shape index (κ3) is 3.77. The molecule has 0 radical (unpaired) electrons. The SMILES string of the molecule is C[S@](=O)c1ccccc1C(=O)OCc1ccc(C#N)cc1. The van der Waals surface area contributed by atoms with Crippen molar-refractivity contribution < 1.29 is 13.7 Å². The van der Waals surface area contributed by atoms with Crippen LogP contribution in [0.2, 0.25) is 0 Å². The number of hydrogen-bond donors (Lipinski definition) is 0. The quantitative estimate of drug-likeness (QED) is 0.814. The summed E-state index contributed by atoms with van der Waals surface area (Å²) in [6.07, 6.45) is 1.52. The van der Waals surface area contributed by atoms with E-state index in [-0.39, 0.29) is 6.61 Å². The third-order valence-corrected chi connectivity index (χ3v) is 3.85. The van der Waals surface area contributed by atoms with Crippen LogP contribution in [0.15, 0.2) is 53.4 Å². The molecule has 21 heavy (non-hydrogen) atoms. The topological polar surface area (TPSA) is 67.2 Å². The van der Waals surface area contributed by atoms with Gasteiger partial charge in [-0.1, -0.05) is 24.3 Å². The van der Waals surface area contributed by atoms with Gasteiger partial charge in [0.2, 0.25) is 0 Å². The molecule has 0 bridgehead atoms. The molecule has 1 atom stereocenters. The van der Waals surface area contributed by atoms with Crippen LogP contribution in [0, 0.1) is 11.3 Å². The summed E-state index contributed by atoms with van der Waals surface area (Å²) in [6.45, 7) is 0.106. The van der Waals surface area contributed by atoms with Gasteiger partial charge in [-0.05, 0) is 29.8 Å². The molecular weight excluding hydrogens is 286 g/mol. The molecule has 0 amide bonds. The average Bonchev–Trinajstić information content (AvgIpc) is 2.53. The second-order valence-electron chi connectivity index (χ2n) is 4.34. The number of nitriles is 1. The molecular formula is C16H13NO3S. The second kappa shape index (κ2) is 6.82. The molecule has 0 saturated carbocycles. The minimum atomic E-state index is -1.25. The van der Waals surface area contributed by atoms with Gasteiger partial charge in [-0.2, -0.15) is 5.26 Å². The van der Waals surface area contributed by atoms with Crippen LogP contribution in [0.25, 0.3) is 0 Å².